The molecule has 1 aromatic rings. The van der Waals surface area contributed by atoms with Crippen molar-refractivity contribution in [3.8, 4) is 0 Å². The van der Waals surface area contributed by atoms with E-state index in [1.165, 1.54) is 6.07 Å². The summed E-state index contributed by atoms with van der Waals surface area (Å²) in [6.45, 7) is 4.68. The first-order chi connectivity index (χ1) is 9.01. The number of aromatic nitrogens is 1. The van der Waals surface area contributed by atoms with E-state index >= 15 is 0 Å². The van der Waals surface area contributed by atoms with Crippen LogP contribution in [-0.4, -0.2) is 46.9 Å². The Morgan fingerprint density at radius 2 is 2.32 bits per heavy atom. The van der Waals surface area contributed by atoms with Crippen molar-refractivity contribution in [1.82, 2.24) is 4.98 Å². The lowest BCUT2D eigenvalue weighted by molar-refractivity contribution is -0.385. The van der Waals surface area contributed by atoms with E-state index in [4.69, 9.17) is 4.74 Å². The molecule has 2 heterocycles. The Hall–Kier alpha value is -1.73. The van der Waals surface area contributed by atoms with Crippen LogP contribution in [0.3, 0.4) is 0 Å². The second kappa shape index (κ2) is 5.50. The van der Waals surface area contributed by atoms with Crippen molar-refractivity contribution in [2.24, 2.45) is 0 Å². The second-order valence-electron chi connectivity index (χ2n) is 4.69. The Labute approximate surface area is 111 Å². The van der Waals surface area contributed by atoms with Gasteiger partial charge in [0.1, 0.15) is 11.5 Å². The van der Waals surface area contributed by atoms with E-state index in [1.807, 2.05) is 11.8 Å². The lowest BCUT2D eigenvalue weighted by Crippen LogP contribution is -2.48. The van der Waals surface area contributed by atoms with Gasteiger partial charge in [0.15, 0.2) is 0 Å². The molecule has 19 heavy (non-hydrogen) atoms. The monoisotopic (exact) mass is 267 g/mol. The smallest absolute Gasteiger partial charge is 0.290 e. The van der Waals surface area contributed by atoms with Gasteiger partial charge >= 0.3 is 0 Å². The number of rotatable bonds is 3. The Morgan fingerprint density at radius 1 is 1.58 bits per heavy atom. The molecule has 1 fully saturated rings. The minimum atomic E-state index is -0.440. The molecule has 1 aliphatic rings. The predicted octanol–water partition coefficient (Wildman–Crippen LogP) is 0.884. The summed E-state index contributed by atoms with van der Waals surface area (Å²) < 4.78 is 5.55. The summed E-state index contributed by atoms with van der Waals surface area (Å²) in [6, 6.07) is 3.10. The third-order valence-corrected chi connectivity index (χ3v) is 3.09. The van der Waals surface area contributed by atoms with Gasteiger partial charge in [0.2, 0.25) is 0 Å². The molecule has 104 valence electrons. The Balaban J connectivity index is 2.21. The highest BCUT2D eigenvalue weighted by atomic mass is 16.6. The molecule has 1 aromatic heterocycles. The van der Waals surface area contributed by atoms with Gasteiger partial charge in [-0.2, -0.15) is 0 Å². The maximum Gasteiger partial charge on any atom is 0.290 e. The molecule has 1 aliphatic heterocycles. The maximum atomic E-state index is 10.8. The first-order valence-electron chi connectivity index (χ1n) is 6.14. The topological polar surface area (TPSA) is 88.7 Å². The molecule has 0 aromatic carbocycles. The number of aryl methyl sites for hydroxylation is 1. The minimum Gasteiger partial charge on any atom is -0.394 e. The number of nitro groups is 1. The standard InChI is InChI=1S/C12H17N3O4/c1-8-5-14(6-10(7-16)19-8)12-4-3-11(15(17)18)9(2)13-12/h3-4,8,10,16H,5-7H2,1-2H3. The average Bonchev–Trinajstić information content (AvgIpc) is 2.37. The van der Waals surface area contributed by atoms with Gasteiger partial charge < -0.3 is 14.7 Å². The summed E-state index contributed by atoms with van der Waals surface area (Å²) >= 11 is 0. The summed E-state index contributed by atoms with van der Waals surface area (Å²) in [4.78, 5) is 16.6. The Bertz CT molecular complexity index is 480. The summed E-state index contributed by atoms with van der Waals surface area (Å²) in [5, 5.41) is 19.9. The van der Waals surface area contributed by atoms with Gasteiger partial charge in [0.05, 0.1) is 23.7 Å². The zero-order valence-corrected chi connectivity index (χ0v) is 10.9. The van der Waals surface area contributed by atoms with E-state index < -0.39 is 4.92 Å². The van der Waals surface area contributed by atoms with Crippen molar-refractivity contribution in [3.63, 3.8) is 0 Å². The van der Waals surface area contributed by atoms with Crippen LogP contribution < -0.4 is 4.90 Å². The van der Waals surface area contributed by atoms with Crippen LogP contribution in [-0.2, 0) is 4.74 Å². The van der Waals surface area contributed by atoms with Gasteiger partial charge in [-0.15, -0.1) is 0 Å². The van der Waals surface area contributed by atoms with Gasteiger partial charge in [-0.25, -0.2) is 4.98 Å². The summed E-state index contributed by atoms with van der Waals surface area (Å²) in [7, 11) is 0. The van der Waals surface area contributed by atoms with Crippen molar-refractivity contribution in [2.75, 3.05) is 24.6 Å². The van der Waals surface area contributed by atoms with Crippen LogP contribution in [0.4, 0.5) is 11.5 Å². The van der Waals surface area contributed by atoms with Gasteiger partial charge in [0.25, 0.3) is 5.69 Å². The van der Waals surface area contributed by atoms with E-state index in [0.29, 0.717) is 24.6 Å². The van der Waals surface area contributed by atoms with Crippen molar-refractivity contribution >= 4 is 11.5 Å². The van der Waals surface area contributed by atoms with E-state index in [2.05, 4.69) is 4.98 Å². The molecule has 7 nitrogen and oxygen atoms in total. The average molecular weight is 267 g/mol. The first-order valence-corrected chi connectivity index (χ1v) is 6.14. The number of anilines is 1. The van der Waals surface area contributed by atoms with Gasteiger partial charge in [-0.3, -0.25) is 10.1 Å². The van der Waals surface area contributed by atoms with Gasteiger partial charge in [0, 0.05) is 19.2 Å². The number of ether oxygens (including phenoxy) is 1. The highest BCUT2D eigenvalue weighted by Gasteiger charge is 2.26. The third kappa shape index (κ3) is 2.99. The van der Waals surface area contributed by atoms with Crippen LogP contribution in [0.5, 0.6) is 0 Å². The summed E-state index contributed by atoms with van der Waals surface area (Å²) in [6.07, 6.45) is -0.260. The molecular weight excluding hydrogens is 250 g/mol. The highest BCUT2D eigenvalue weighted by molar-refractivity contribution is 5.47. The lowest BCUT2D eigenvalue weighted by atomic mass is 10.2. The van der Waals surface area contributed by atoms with Gasteiger partial charge in [-0.05, 0) is 19.9 Å². The number of aliphatic hydroxyl groups is 1. The van der Waals surface area contributed by atoms with Crippen molar-refractivity contribution < 1.29 is 14.8 Å². The SMILES string of the molecule is Cc1nc(N2CC(C)OC(CO)C2)ccc1[N+](=O)[O-]. The van der Waals surface area contributed by atoms with Crippen LogP contribution in [0, 0.1) is 17.0 Å². The van der Waals surface area contributed by atoms with Crippen LogP contribution in [0.1, 0.15) is 12.6 Å². The summed E-state index contributed by atoms with van der Waals surface area (Å²) in [5.41, 5.74) is 0.408. The van der Waals surface area contributed by atoms with Crippen LogP contribution in [0.2, 0.25) is 0 Å². The molecule has 2 atom stereocenters. The normalized spacial score (nSPS) is 23.4. The fourth-order valence-corrected chi connectivity index (χ4v) is 2.24. The molecule has 7 heteroatoms. The van der Waals surface area contributed by atoms with E-state index in [9.17, 15) is 15.2 Å². The molecule has 0 radical (unpaired) electrons. The van der Waals surface area contributed by atoms with Crippen LogP contribution in [0.15, 0.2) is 12.1 Å². The molecule has 1 saturated heterocycles. The number of hydrogen-bond acceptors (Lipinski definition) is 6. The number of morpholine rings is 1. The van der Waals surface area contributed by atoms with Crippen LogP contribution in [0.25, 0.3) is 0 Å². The molecule has 0 spiro atoms. The largest absolute Gasteiger partial charge is 0.394 e. The fraction of sp³-hybridized carbons (Fsp3) is 0.583. The number of nitrogens with zero attached hydrogens (tertiary/aromatic N) is 3. The van der Waals surface area contributed by atoms with Gasteiger partial charge in [-0.1, -0.05) is 0 Å². The minimum absolute atomic E-state index is 0.0109. The molecule has 2 rings (SSSR count). The zero-order valence-electron chi connectivity index (χ0n) is 10.9. The Morgan fingerprint density at radius 3 is 2.89 bits per heavy atom. The first kappa shape index (κ1) is 13.7. The molecular formula is C12H17N3O4. The van der Waals surface area contributed by atoms with Crippen molar-refractivity contribution in [3.05, 3.63) is 27.9 Å². The number of aliphatic hydroxyl groups excluding tert-OH is 1. The molecule has 0 aliphatic carbocycles. The Kier molecular flexibility index (Phi) is 3.96. The quantitative estimate of drug-likeness (QED) is 0.646. The molecule has 0 saturated carbocycles. The molecule has 1 N–H and O–H groups in total. The van der Waals surface area contributed by atoms with E-state index in [0.717, 1.165) is 0 Å². The maximum absolute atomic E-state index is 10.8. The fourth-order valence-electron chi connectivity index (χ4n) is 2.24. The van der Waals surface area contributed by atoms with Crippen molar-refractivity contribution in [2.45, 2.75) is 26.1 Å². The third-order valence-electron chi connectivity index (χ3n) is 3.09. The molecule has 0 amide bonds. The van der Waals surface area contributed by atoms with Crippen LogP contribution >= 0.6 is 0 Å². The molecule has 0 bridgehead atoms. The number of pyridine rings is 1. The summed E-state index contributed by atoms with van der Waals surface area (Å²) in [5.74, 6) is 0.678. The zero-order chi connectivity index (χ0) is 14.0. The van der Waals surface area contributed by atoms with E-state index in [-0.39, 0.29) is 24.5 Å². The highest BCUT2D eigenvalue weighted by Crippen LogP contribution is 2.23. The predicted molar refractivity (Wildman–Crippen MR) is 69.3 cm³/mol. The number of hydrogen-bond donors (Lipinski definition) is 1. The van der Waals surface area contributed by atoms with E-state index in [1.54, 1.807) is 13.0 Å². The lowest BCUT2D eigenvalue weighted by Gasteiger charge is -2.36. The second-order valence-corrected chi connectivity index (χ2v) is 4.69. The molecule has 2 unspecified atom stereocenters. The van der Waals surface area contributed by atoms with Crippen molar-refractivity contribution in [1.29, 1.82) is 0 Å².